The molecule has 3 aromatic rings. The number of amides is 1. The van der Waals surface area contributed by atoms with Gasteiger partial charge >= 0.3 is 0 Å². The number of nitrogens with zero attached hydrogens (tertiary/aromatic N) is 2. The lowest BCUT2D eigenvalue weighted by Crippen LogP contribution is -2.35. The third-order valence-electron chi connectivity index (χ3n) is 5.42. The molecule has 1 aliphatic heterocycles. The van der Waals surface area contributed by atoms with Gasteiger partial charge in [0.05, 0.1) is 11.4 Å². The SMILES string of the molecule is Cc1ccc(CNC(=O)c2cc3cc(S(=O)(=O)N4CCCCC4)ccc3n2C)o1. The smallest absolute Gasteiger partial charge is 0.268 e. The first-order chi connectivity index (χ1) is 13.9. The fourth-order valence-corrected chi connectivity index (χ4v) is 5.35. The van der Waals surface area contributed by atoms with Crippen molar-refractivity contribution >= 4 is 26.8 Å². The lowest BCUT2D eigenvalue weighted by molar-refractivity contribution is 0.0940. The molecule has 8 heteroatoms. The predicted molar refractivity (Wildman–Crippen MR) is 110 cm³/mol. The number of sulfonamides is 1. The van der Waals surface area contributed by atoms with E-state index in [2.05, 4.69) is 5.32 Å². The zero-order chi connectivity index (χ0) is 20.6. The summed E-state index contributed by atoms with van der Waals surface area (Å²) >= 11 is 0. The van der Waals surface area contributed by atoms with E-state index >= 15 is 0 Å². The van der Waals surface area contributed by atoms with E-state index in [1.807, 2.05) is 19.1 Å². The number of fused-ring (bicyclic) bond motifs is 1. The number of hydrogen-bond donors (Lipinski definition) is 1. The highest BCUT2D eigenvalue weighted by Crippen LogP contribution is 2.26. The molecule has 2 aromatic heterocycles. The summed E-state index contributed by atoms with van der Waals surface area (Å²) < 4.78 is 34.7. The number of piperidine rings is 1. The van der Waals surface area contributed by atoms with E-state index in [0.29, 0.717) is 31.1 Å². The van der Waals surface area contributed by atoms with Gasteiger partial charge in [0.25, 0.3) is 5.91 Å². The van der Waals surface area contributed by atoms with Crippen LogP contribution < -0.4 is 5.32 Å². The van der Waals surface area contributed by atoms with E-state index in [9.17, 15) is 13.2 Å². The van der Waals surface area contributed by atoms with Gasteiger partial charge in [0.15, 0.2) is 0 Å². The lowest BCUT2D eigenvalue weighted by atomic mass is 10.2. The van der Waals surface area contributed by atoms with Crippen molar-refractivity contribution in [3.05, 3.63) is 53.6 Å². The zero-order valence-electron chi connectivity index (χ0n) is 16.6. The number of nitrogens with one attached hydrogen (secondary N) is 1. The highest BCUT2D eigenvalue weighted by Gasteiger charge is 2.26. The van der Waals surface area contributed by atoms with E-state index in [-0.39, 0.29) is 10.8 Å². The van der Waals surface area contributed by atoms with Crippen LogP contribution in [0, 0.1) is 6.92 Å². The molecule has 1 aromatic carbocycles. The molecule has 0 aliphatic carbocycles. The van der Waals surface area contributed by atoms with Crippen LogP contribution in [0.25, 0.3) is 10.9 Å². The van der Waals surface area contributed by atoms with Crippen molar-refractivity contribution in [2.24, 2.45) is 7.05 Å². The van der Waals surface area contributed by atoms with Gasteiger partial charge in [0, 0.05) is 31.0 Å². The third-order valence-corrected chi connectivity index (χ3v) is 7.31. The molecule has 0 unspecified atom stereocenters. The van der Waals surface area contributed by atoms with Gasteiger partial charge in [-0.25, -0.2) is 8.42 Å². The lowest BCUT2D eigenvalue weighted by Gasteiger charge is -2.25. The number of hydrogen-bond acceptors (Lipinski definition) is 4. The van der Waals surface area contributed by atoms with Crippen LogP contribution in [0.2, 0.25) is 0 Å². The number of aromatic nitrogens is 1. The van der Waals surface area contributed by atoms with Crippen LogP contribution in [0.4, 0.5) is 0 Å². The van der Waals surface area contributed by atoms with Crippen LogP contribution in [0.15, 0.2) is 45.7 Å². The number of aryl methyl sites for hydroxylation is 2. The van der Waals surface area contributed by atoms with Crippen LogP contribution in [0.5, 0.6) is 0 Å². The molecule has 0 spiro atoms. The summed E-state index contributed by atoms with van der Waals surface area (Å²) in [6.45, 7) is 3.28. The molecule has 0 saturated carbocycles. The molecule has 4 rings (SSSR count). The van der Waals surface area contributed by atoms with Crippen LogP contribution in [0.1, 0.15) is 41.3 Å². The zero-order valence-corrected chi connectivity index (χ0v) is 17.5. The normalized spacial score (nSPS) is 15.7. The van der Waals surface area contributed by atoms with E-state index in [1.165, 1.54) is 0 Å². The Kier molecular flexibility index (Phi) is 5.23. The molecule has 1 aliphatic rings. The second-order valence-electron chi connectivity index (χ2n) is 7.47. The van der Waals surface area contributed by atoms with Crippen molar-refractivity contribution in [3.63, 3.8) is 0 Å². The maximum Gasteiger partial charge on any atom is 0.268 e. The summed E-state index contributed by atoms with van der Waals surface area (Å²) in [7, 11) is -1.71. The van der Waals surface area contributed by atoms with Gasteiger partial charge in [-0.2, -0.15) is 4.31 Å². The Balaban J connectivity index is 1.59. The van der Waals surface area contributed by atoms with Gasteiger partial charge in [0.1, 0.15) is 17.2 Å². The Bertz CT molecular complexity index is 1150. The molecule has 1 N–H and O–H groups in total. The van der Waals surface area contributed by atoms with Gasteiger partial charge in [-0.3, -0.25) is 4.79 Å². The van der Waals surface area contributed by atoms with Crippen LogP contribution in [-0.4, -0.2) is 36.3 Å². The summed E-state index contributed by atoms with van der Waals surface area (Å²) in [6.07, 6.45) is 2.86. The van der Waals surface area contributed by atoms with E-state index in [4.69, 9.17) is 4.42 Å². The average molecular weight is 416 g/mol. The minimum Gasteiger partial charge on any atom is -0.465 e. The van der Waals surface area contributed by atoms with Crippen molar-refractivity contribution in [1.29, 1.82) is 0 Å². The summed E-state index contributed by atoms with van der Waals surface area (Å²) in [5.41, 5.74) is 1.28. The Hall–Kier alpha value is -2.58. The van der Waals surface area contributed by atoms with Crippen molar-refractivity contribution in [2.45, 2.75) is 37.6 Å². The standard InChI is InChI=1S/C21H25N3O4S/c1-15-6-7-17(28-15)14-22-21(25)20-13-16-12-18(8-9-19(16)23(20)2)29(26,27)24-10-4-3-5-11-24/h6-9,12-13H,3-5,10-11,14H2,1-2H3,(H,22,25). The molecule has 7 nitrogen and oxygen atoms in total. The molecule has 154 valence electrons. The summed E-state index contributed by atoms with van der Waals surface area (Å²) in [6, 6.07) is 10.5. The molecule has 0 atom stereocenters. The topological polar surface area (TPSA) is 84.5 Å². The van der Waals surface area contributed by atoms with E-state index < -0.39 is 10.0 Å². The van der Waals surface area contributed by atoms with E-state index in [0.717, 1.165) is 35.9 Å². The van der Waals surface area contributed by atoms with Crippen molar-refractivity contribution in [3.8, 4) is 0 Å². The van der Waals surface area contributed by atoms with Crippen LogP contribution in [-0.2, 0) is 23.6 Å². The first-order valence-electron chi connectivity index (χ1n) is 9.79. The molecule has 1 saturated heterocycles. The molecule has 0 bridgehead atoms. The number of carbonyl (C=O) groups excluding carboxylic acids is 1. The maximum atomic E-state index is 12.9. The summed E-state index contributed by atoms with van der Waals surface area (Å²) in [5, 5.41) is 3.57. The monoisotopic (exact) mass is 415 g/mol. The van der Waals surface area contributed by atoms with Crippen LogP contribution >= 0.6 is 0 Å². The predicted octanol–water partition coefficient (Wildman–Crippen LogP) is 3.18. The largest absolute Gasteiger partial charge is 0.465 e. The quantitative estimate of drug-likeness (QED) is 0.694. The van der Waals surface area contributed by atoms with E-state index in [1.54, 1.807) is 40.2 Å². The molecule has 29 heavy (non-hydrogen) atoms. The second kappa shape index (κ2) is 7.68. The first-order valence-corrected chi connectivity index (χ1v) is 11.2. The van der Waals surface area contributed by atoms with Gasteiger partial charge in [-0.05, 0) is 56.2 Å². The van der Waals surface area contributed by atoms with Crippen molar-refractivity contribution in [2.75, 3.05) is 13.1 Å². The first kappa shape index (κ1) is 19.7. The van der Waals surface area contributed by atoms with Crippen molar-refractivity contribution in [1.82, 2.24) is 14.2 Å². The number of benzene rings is 1. The molecular weight excluding hydrogens is 390 g/mol. The van der Waals surface area contributed by atoms with Gasteiger partial charge in [-0.1, -0.05) is 6.42 Å². The Morgan fingerprint density at radius 1 is 1.10 bits per heavy atom. The molecule has 1 fully saturated rings. The Labute approximate surface area is 170 Å². The fraction of sp³-hybridized carbons (Fsp3) is 0.381. The summed E-state index contributed by atoms with van der Waals surface area (Å²) in [5.74, 6) is 1.24. The van der Waals surface area contributed by atoms with Gasteiger partial charge in [0.2, 0.25) is 10.0 Å². The molecule has 0 radical (unpaired) electrons. The highest BCUT2D eigenvalue weighted by molar-refractivity contribution is 7.89. The average Bonchev–Trinajstić information content (AvgIpc) is 3.29. The van der Waals surface area contributed by atoms with Gasteiger partial charge in [-0.15, -0.1) is 0 Å². The molecule has 3 heterocycles. The maximum absolute atomic E-state index is 12.9. The molecule has 1 amide bonds. The Morgan fingerprint density at radius 3 is 2.55 bits per heavy atom. The van der Waals surface area contributed by atoms with Crippen LogP contribution in [0.3, 0.4) is 0 Å². The minimum atomic E-state index is -3.51. The van der Waals surface area contributed by atoms with Gasteiger partial charge < -0.3 is 14.3 Å². The number of carbonyl (C=O) groups is 1. The highest BCUT2D eigenvalue weighted by atomic mass is 32.2. The third kappa shape index (κ3) is 3.82. The minimum absolute atomic E-state index is 0.238. The number of furan rings is 1. The summed E-state index contributed by atoms with van der Waals surface area (Å²) in [4.78, 5) is 12.9. The Morgan fingerprint density at radius 2 is 1.86 bits per heavy atom. The molecular formula is C21H25N3O4S. The van der Waals surface area contributed by atoms with Crippen molar-refractivity contribution < 1.29 is 17.6 Å². The number of rotatable bonds is 5. The fourth-order valence-electron chi connectivity index (χ4n) is 3.80. The second-order valence-corrected chi connectivity index (χ2v) is 9.41.